The molecule has 3 nitrogen and oxygen atoms in total. The standard InChI is InChI=1S/C14H18N2O/c17-14(10-5-6-10)16-9-11-7-8-15-13-4-2-1-3-12(11)13/h1-4,10-11,15H,5-9H2,(H,16,17). The highest BCUT2D eigenvalue weighted by molar-refractivity contribution is 5.80. The van der Waals surface area contributed by atoms with Gasteiger partial charge in [0.1, 0.15) is 0 Å². The lowest BCUT2D eigenvalue weighted by atomic mass is 9.91. The molecule has 2 aliphatic rings. The molecular weight excluding hydrogens is 212 g/mol. The Labute approximate surface area is 102 Å². The lowest BCUT2D eigenvalue weighted by Crippen LogP contribution is -2.32. The molecule has 2 N–H and O–H groups in total. The van der Waals surface area contributed by atoms with Gasteiger partial charge in [-0.15, -0.1) is 0 Å². The molecule has 1 aromatic carbocycles. The van der Waals surface area contributed by atoms with Crippen molar-refractivity contribution in [2.24, 2.45) is 5.92 Å². The molecule has 0 spiro atoms. The molecule has 0 aromatic heterocycles. The maximum absolute atomic E-state index is 11.6. The Kier molecular flexibility index (Phi) is 2.75. The van der Waals surface area contributed by atoms with Crippen LogP contribution in [0.25, 0.3) is 0 Å². The summed E-state index contributed by atoms with van der Waals surface area (Å²) in [6, 6.07) is 8.40. The third-order valence-corrected chi connectivity index (χ3v) is 3.68. The third-order valence-electron chi connectivity index (χ3n) is 3.68. The fourth-order valence-corrected chi connectivity index (χ4v) is 2.48. The molecule has 1 aliphatic carbocycles. The van der Waals surface area contributed by atoms with Gasteiger partial charge in [-0.2, -0.15) is 0 Å². The average Bonchev–Trinajstić information content (AvgIpc) is 3.20. The molecule has 3 heteroatoms. The van der Waals surface area contributed by atoms with Crippen LogP contribution >= 0.6 is 0 Å². The highest BCUT2D eigenvalue weighted by Crippen LogP contribution is 2.32. The number of anilines is 1. The van der Waals surface area contributed by atoms with E-state index in [9.17, 15) is 4.79 Å². The highest BCUT2D eigenvalue weighted by atomic mass is 16.2. The number of hydrogen-bond donors (Lipinski definition) is 2. The van der Waals surface area contributed by atoms with Crippen LogP contribution in [-0.4, -0.2) is 19.0 Å². The largest absolute Gasteiger partial charge is 0.385 e. The Morgan fingerprint density at radius 1 is 1.29 bits per heavy atom. The fourth-order valence-electron chi connectivity index (χ4n) is 2.48. The summed E-state index contributed by atoms with van der Waals surface area (Å²) in [5.41, 5.74) is 2.57. The van der Waals surface area contributed by atoms with Crippen LogP contribution in [0.5, 0.6) is 0 Å². The maximum atomic E-state index is 11.6. The smallest absolute Gasteiger partial charge is 0.223 e. The zero-order chi connectivity index (χ0) is 11.7. The van der Waals surface area contributed by atoms with Gasteiger partial charge in [-0.1, -0.05) is 18.2 Å². The van der Waals surface area contributed by atoms with Crippen molar-refractivity contribution < 1.29 is 4.79 Å². The van der Waals surface area contributed by atoms with Crippen LogP contribution in [0.2, 0.25) is 0 Å². The number of carbonyl (C=O) groups is 1. The first kappa shape index (κ1) is 10.6. The summed E-state index contributed by atoms with van der Waals surface area (Å²) < 4.78 is 0. The summed E-state index contributed by atoms with van der Waals surface area (Å²) in [4.78, 5) is 11.6. The minimum absolute atomic E-state index is 0.251. The summed E-state index contributed by atoms with van der Waals surface area (Å²) in [6.07, 6.45) is 3.26. The second kappa shape index (κ2) is 4.40. The molecule has 1 aromatic rings. The first-order valence-corrected chi connectivity index (χ1v) is 6.45. The molecule has 1 aliphatic heterocycles. The van der Waals surface area contributed by atoms with Crippen molar-refractivity contribution in [2.75, 3.05) is 18.4 Å². The summed E-state index contributed by atoms with van der Waals surface area (Å²) >= 11 is 0. The first-order valence-electron chi connectivity index (χ1n) is 6.45. The fraction of sp³-hybridized carbons (Fsp3) is 0.500. The maximum Gasteiger partial charge on any atom is 0.223 e. The summed E-state index contributed by atoms with van der Waals surface area (Å²) in [5.74, 6) is 1.03. The summed E-state index contributed by atoms with van der Waals surface area (Å²) in [6.45, 7) is 1.79. The second-order valence-corrected chi connectivity index (χ2v) is 5.02. The molecule has 1 unspecified atom stereocenters. The van der Waals surface area contributed by atoms with E-state index in [0.717, 1.165) is 32.4 Å². The number of nitrogens with one attached hydrogen (secondary N) is 2. The lowest BCUT2D eigenvalue weighted by molar-refractivity contribution is -0.122. The van der Waals surface area contributed by atoms with Crippen molar-refractivity contribution >= 4 is 11.6 Å². The second-order valence-electron chi connectivity index (χ2n) is 5.02. The molecule has 1 amide bonds. The van der Waals surface area contributed by atoms with E-state index >= 15 is 0 Å². The third kappa shape index (κ3) is 2.28. The zero-order valence-corrected chi connectivity index (χ0v) is 9.91. The van der Waals surface area contributed by atoms with Crippen molar-refractivity contribution in [2.45, 2.75) is 25.2 Å². The van der Waals surface area contributed by atoms with Crippen molar-refractivity contribution in [3.63, 3.8) is 0 Å². The molecule has 1 atom stereocenters. The summed E-state index contributed by atoms with van der Waals surface area (Å²) in [7, 11) is 0. The summed E-state index contributed by atoms with van der Waals surface area (Å²) in [5, 5.41) is 6.49. The van der Waals surface area contributed by atoms with Gasteiger partial charge < -0.3 is 10.6 Å². The Bertz CT molecular complexity index is 426. The van der Waals surface area contributed by atoms with E-state index < -0.39 is 0 Å². The molecule has 3 rings (SSSR count). The van der Waals surface area contributed by atoms with Crippen LogP contribution in [0, 0.1) is 5.92 Å². The van der Waals surface area contributed by atoms with Gasteiger partial charge in [-0.25, -0.2) is 0 Å². The van der Waals surface area contributed by atoms with Crippen molar-refractivity contribution in [3.8, 4) is 0 Å². The topological polar surface area (TPSA) is 41.1 Å². The first-order chi connectivity index (χ1) is 8.34. The van der Waals surface area contributed by atoms with Crippen LogP contribution in [0.15, 0.2) is 24.3 Å². The number of carbonyl (C=O) groups excluding carboxylic acids is 1. The van der Waals surface area contributed by atoms with E-state index in [0.29, 0.717) is 11.8 Å². The molecule has 0 saturated heterocycles. The molecule has 0 radical (unpaired) electrons. The van der Waals surface area contributed by atoms with E-state index in [1.54, 1.807) is 0 Å². The monoisotopic (exact) mass is 230 g/mol. The lowest BCUT2D eigenvalue weighted by Gasteiger charge is -2.26. The van der Waals surface area contributed by atoms with Crippen LogP contribution in [0.3, 0.4) is 0 Å². The highest BCUT2D eigenvalue weighted by Gasteiger charge is 2.30. The minimum Gasteiger partial charge on any atom is -0.385 e. The van der Waals surface area contributed by atoms with E-state index in [-0.39, 0.29) is 5.91 Å². The van der Waals surface area contributed by atoms with E-state index in [1.165, 1.54) is 11.3 Å². The van der Waals surface area contributed by atoms with Crippen LogP contribution in [-0.2, 0) is 4.79 Å². The number of rotatable bonds is 3. The van der Waals surface area contributed by atoms with E-state index in [2.05, 4.69) is 34.9 Å². The Hall–Kier alpha value is -1.51. The van der Waals surface area contributed by atoms with Gasteiger partial charge in [0.25, 0.3) is 0 Å². The van der Waals surface area contributed by atoms with Gasteiger partial charge in [-0.3, -0.25) is 4.79 Å². The molecule has 1 heterocycles. The van der Waals surface area contributed by atoms with Crippen LogP contribution < -0.4 is 10.6 Å². The molecule has 90 valence electrons. The minimum atomic E-state index is 0.251. The average molecular weight is 230 g/mol. The molecule has 17 heavy (non-hydrogen) atoms. The van der Waals surface area contributed by atoms with Gasteiger partial charge in [0.2, 0.25) is 5.91 Å². The molecular formula is C14H18N2O. The SMILES string of the molecule is O=C(NCC1CCNc2ccccc21)C1CC1. The zero-order valence-electron chi connectivity index (χ0n) is 9.91. The predicted molar refractivity (Wildman–Crippen MR) is 68.0 cm³/mol. The number of benzene rings is 1. The quantitative estimate of drug-likeness (QED) is 0.835. The number of fused-ring (bicyclic) bond motifs is 1. The Morgan fingerprint density at radius 3 is 2.94 bits per heavy atom. The molecule has 1 saturated carbocycles. The number of amides is 1. The van der Waals surface area contributed by atoms with Crippen molar-refractivity contribution in [1.82, 2.24) is 5.32 Å². The number of para-hydroxylation sites is 1. The van der Waals surface area contributed by atoms with Gasteiger partial charge >= 0.3 is 0 Å². The van der Waals surface area contributed by atoms with Crippen molar-refractivity contribution in [1.29, 1.82) is 0 Å². The Morgan fingerprint density at radius 2 is 2.12 bits per heavy atom. The van der Waals surface area contributed by atoms with Crippen LogP contribution in [0.4, 0.5) is 5.69 Å². The number of hydrogen-bond acceptors (Lipinski definition) is 2. The van der Waals surface area contributed by atoms with Crippen LogP contribution in [0.1, 0.15) is 30.7 Å². The van der Waals surface area contributed by atoms with Crippen molar-refractivity contribution in [3.05, 3.63) is 29.8 Å². The van der Waals surface area contributed by atoms with E-state index in [4.69, 9.17) is 0 Å². The molecule has 0 bridgehead atoms. The van der Waals surface area contributed by atoms with E-state index in [1.807, 2.05) is 0 Å². The molecule has 1 fully saturated rings. The van der Waals surface area contributed by atoms with Gasteiger partial charge in [0.15, 0.2) is 0 Å². The Balaban J connectivity index is 1.65. The van der Waals surface area contributed by atoms with Gasteiger partial charge in [0, 0.05) is 30.6 Å². The normalized spacial score (nSPS) is 22.5. The van der Waals surface area contributed by atoms with Gasteiger partial charge in [-0.05, 0) is 30.9 Å². The predicted octanol–water partition coefficient (Wildman–Crippen LogP) is 2.11. The van der Waals surface area contributed by atoms with Gasteiger partial charge in [0.05, 0.1) is 0 Å².